The summed E-state index contributed by atoms with van der Waals surface area (Å²) >= 11 is -1.86. The smallest absolute Gasteiger partial charge is 0.147 e. The first kappa shape index (κ1) is 16.8. The number of benzene rings is 2. The third-order valence-corrected chi connectivity index (χ3v) is 12.1. The van der Waals surface area contributed by atoms with E-state index in [4.69, 9.17) is 0 Å². The van der Waals surface area contributed by atoms with Crippen LogP contribution in [0.15, 0.2) is 64.0 Å². The van der Waals surface area contributed by atoms with Crippen LogP contribution in [0.1, 0.15) is 31.4 Å². The number of hydrogen-bond donors (Lipinski definition) is 0. The molecule has 0 aliphatic heterocycles. The van der Waals surface area contributed by atoms with Crippen molar-refractivity contribution in [3.8, 4) is 11.1 Å². The Morgan fingerprint density at radius 3 is 2.48 bits per heavy atom. The van der Waals surface area contributed by atoms with Crippen molar-refractivity contribution in [2.75, 3.05) is 0 Å². The first-order chi connectivity index (χ1) is 10.8. The van der Waals surface area contributed by atoms with Crippen LogP contribution in [0, 0.1) is 0 Å². The van der Waals surface area contributed by atoms with Crippen LogP contribution < -0.4 is 3.27 Å². The molecule has 0 saturated heterocycles. The molecule has 116 valence electrons. The predicted molar refractivity (Wildman–Crippen MR) is 99.8 cm³/mol. The van der Waals surface area contributed by atoms with Crippen molar-refractivity contribution >= 4 is 18.9 Å². The molecule has 0 spiro atoms. The van der Waals surface area contributed by atoms with Crippen LogP contribution >= 0.6 is 12.4 Å². The van der Waals surface area contributed by atoms with Crippen molar-refractivity contribution in [2.45, 2.75) is 26.7 Å². The minimum atomic E-state index is -1.86. The van der Waals surface area contributed by atoms with Gasteiger partial charge in [0.15, 0.2) is 0 Å². The molecule has 0 atom stereocenters. The number of hydrogen-bond acceptors (Lipinski definition) is 0. The molecule has 0 nitrogen and oxygen atoms in total. The van der Waals surface area contributed by atoms with Gasteiger partial charge in [-0.25, -0.2) is 0 Å². The quantitative estimate of drug-likeness (QED) is 0.570. The van der Waals surface area contributed by atoms with Gasteiger partial charge in [0.05, 0.1) is 0 Å². The summed E-state index contributed by atoms with van der Waals surface area (Å²) in [5.74, 6) is 0. The molecule has 2 aromatic rings. The number of allylic oxidation sites excluding steroid dienone is 4. The van der Waals surface area contributed by atoms with Crippen LogP contribution in [0.3, 0.4) is 0 Å². The molecule has 0 fully saturated rings. The summed E-state index contributed by atoms with van der Waals surface area (Å²) in [5, 5.41) is 0. The molecule has 0 bridgehead atoms. The maximum atomic E-state index is 2.42. The van der Waals surface area contributed by atoms with Crippen molar-refractivity contribution in [3.05, 3.63) is 75.1 Å². The van der Waals surface area contributed by atoms with E-state index in [9.17, 15) is 0 Å². The molecule has 23 heavy (non-hydrogen) atoms. The van der Waals surface area contributed by atoms with E-state index in [0.29, 0.717) is 0 Å². The molecule has 2 aliphatic rings. The van der Waals surface area contributed by atoms with Crippen molar-refractivity contribution in [1.82, 2.24) is 0 Å². The average Bonchev–Trinajstić information content (AvgIpc) is 3.15. The van der Waals surface area contributed by atoms with E-state index in [2.05, 4.69) is 74.5 Å². The molecular formula is C21H21ClZr. The fourth-order valence-electron chi connectivity index (χ4n) is 3.79. The summed E-state index contributed by atoms with van der Waals surface area (Å²) in [5.41, 5.74) is 6.06. The van der Waals surface area contributed by atoms with Crippen LogP contribution in [-0.4, -0.2) is 3.21 Å². The largest absolute Gasteiger partial charge is 0.147 e. The van der Waals surface area contributed by atoms with Gasteiger partial charge in [0.1, 0.15) is 0 Å². The Bertz CT molecular complexity index is 852. The Hall–Kier alpha value is -1.04. The van der Waals surface area contributed by atoms with Crippen molar-refractivity contribution in [3.63, 3.8) is 0 Å². The molecule has 0 radical (unpaired) electrons. The number of rotatable bonds is 2. The van der Waals surface area contributed by atoms with E-state index in [1.807, 2.05) is 0 Å². The van der Waals surface area contributed by atoms with E-state index in [0.717, 1.165) is 6.42 Å². The zero-order valence-electron chi connectivity index (χ0n) is 13.6. The number of fused-ring (bicyclic) bond motifs is 3. The molecule has 0 amide bonds. The molecule has 2 aromatic carbocycles. The molecule has 0 unspecified atom stereocenters. The second-order valence-electron chi connectivity index (χ2n) is 6.36. The van der Waals surface area contributed by atoms with Crippen molar-refractivity contribution in [1.29, 1.82) is 0 Å². The van der Waals surface area contributed by atoms with Gasteiger partial charge in [-0.05, 0) is 0 Å². The van der Waals surface area contributed by atoms with E-state index in [-0.39, 0.29) is 12.4 Å². The number of halogens is 1. The van der Waals surface area contributed by atoms with Crippen LogP contribution in [0.2, 0.25) is 0 Å². The second-order valence-corrected chi connectivity index (χ2v) is 13.6. The van der Waals surface area contributed by atoms with Crippen LogP contribution in [0.25, 0.3) is 11.1 Å². The maximum Gasteiger partial charge on any atom is -0.147 e. The van der Waals surface area contributed by atoms with Crippen molar-refractivity contribution < 1.29 is 21.3 Å². The zero-order chi connectivity index (χ0) is 15.1. The normalized spacial score (nSPS) is 13.9. The fourth-order valence-corrected chi connectivity index (χ4v) is 10.9. The van der Waals surface area contributed by atoms with E-state index in [1.54, 1.807) is 15.3 Å². The Kier molecular flexibility index (Phi) is 4.99. The van der Waals surface area contributed by atoms with Crippen LogP contribution in [-0.2, 0) is 27.7 Å². The third-order valence-electron chi connectivity index (χ3n) is 4.71. The van der Waals surface area contributed by atoms with Gasteiger partial charge in [0.2, 0.25) is 0 Å². The van der Waals surface area contributed by atoms with E-state index < -0.39 is 21.3 Å². The summed E-state index contributed by atoms with van der Waals surface area (Å²) in [6.45, 7) is 4.71. The van der Waals surface area contributed by atoms with Crippen molar-refractivity contribution in [2.24, 2.45) is 0 Å². The molecule has 0 aromatic heterocycles. The molecule has 4 rings (SSSR count). The topological polar surface area (TPSA) is 0 Å². The average molecular weight is 400 g/mol. The Balaban J connectivity index is 0.00000156. The first-order valence-corrected chi connectivity index (χ1v) is 11.7. The molecule has 0 heterocycles. The zero-order valence-corrected chi connectivity index (χ0v) is 16.9. The summed E-state index contributed by atoms with van der Waals surface area (Å²) in [6.07, 6.45) is 9.26. The SMILES string of the molecule is C[C](C)=[Zr]([C]1=CC=CC1)[c]1cccc2c1Cc1ccccc1-2.Cl. The summed E-state index contributed by atoms with van der Waals surface area (Å²) in [4.78, 5) is 0. The summed E-state index contributed by atoms with van der Waals surface area (Å²) in [7, 11) is 0. The van der Waals surface area contributed by atoms with E-state index in [1.165, 1.54) is 23.1 Å². The molecular weight excluding hydrogens is 379 g/mol. The van der Waals surface area contributed by atoms with Gasteiger partial charge in [-0.2, -0.15) is 0 Å². The Morgan fingerprint density at radius 1 is 0.957 bits per heavy atom. The first-order valence-electron chi connectivity index (χ1n) is 8.00. The minimum absolute atomic E-state index is 0. The fraction of sp³-hybridized carbons (Fsp3) is 0.190. The van der Waals surface area contributed by atoms with Gasteiger partial charge in [-0.15, -0.1) is 12.4 Å². The van der Waals surface area contributed by atoms with Gasteiger partial charge in [0, 0.05) is 0 Å². The molecule has 0 N–H and O–H groups in total. The molecule has 0 saturated carbocycles. The van der Waals surface area contributed by atoms with E-state index >= 15 is 0 Å². The minimum Gasteiger partial charge on any atom is -0.147 e. The Labute approximate surface area is 152 Å². The summed E-state index contributed by atoms with van der Waals surface area (Å²) < 4.78 is 5.11. The monoisotopic (exact) mass is 398 g/mol. The van der Waals surface area contributed by atoms with Gasteiger partial charge in [-0.3, -0.25) is 0 Å². The Morgan fingerprint density at radius 2 is 1.74 bits per heavy atom. The van der Waals surface area contributed by atoms with Crippen LogP contribution in [0.4, 0.5) is 0 Å². The third kappa shape index (κ3) is 2.90. The predicted octanol–water partition coefficient (Wildman–Crippen LogP) is 4.98. The van der Waals surface area contributed by atoms with Gasteiger partial charge >= 0.3 is 141 Å². The molecule has 2 aliphatic carbocycles. The molecule has 2 heteroatoms. The van der Waals surface area contributed by atoms with Gasteiger partial charge in [0.25, 0.3) is 0 Å². The maximum absolute atomic E-state index is 2.42. The van der Waals surface area contributed by atoms with Gasteiger partial charge in [-0.1, -0.05) is 0 Å². The summed E-state index contributed by atoms with van der Waals surface area (Å²) in [6, 6.07) is 15.9. The van der Waals surface area contributed by atoms with Gasteiger partial charge < -0.3 is 0 Å². The van der Waals surface area contributed by atoms with Crippen LogP contribution in [0.5, 0.6) is 0 Å². The second kappa shape index (κ2) is 6.83. The standard InChI is InChI=1S/C13H9.C5H5.C3H6.ClH.Zr/c1-3-7-12-10(5-1)9-11-6-2-4-8-13(11)12;1-2-4-5-3-1;1-3-2;;/h1-5,7-8H,9H2;1-3H,4H2;1-2H3;1H;.